The molecule has 0 aromatic heterocycles. The molecule has 2 fully saturated rings. The van der Waals surface area contributed by atoms with Crippen LogP contribution in [0.2, 0.25) is 0 Å². The molecule has 0 radical (unpaired) electrons. The predicted octanol–water partition coefficient (Wildman–Crippen LogP) is 3.10. The molecule has 2 saturated carbocycles. The highest BCUT2D eigenvalue weighted by atomic mass is 16.3. The lowest BCUT2D eigenvalue weighted by molar-refractivity contribution is -0.0372. The van der Waals surface area contributed by atoms with Crippen molar-refractivity contribution < 1.29 is 15.3 Å². The van der Waals surface area contributed by atoms with Crippen LogP contribution in [0.4, 0.5) is 0 Å². The molecular weight excluding hydrogens is 264 g/mol. The summed E-state index contributed by atoms with van der Waals surface area (Å²) in [5.41, 5.74) is 2.17. The van der Waals surface area contributed by atoms with Crippen LogP contribution in [0.25, 0.3) is 0 Å². The number of phenolic OH excluding ortho intramolecular Hbond substituents is 1. The van der Waals surface area contributed by atoms with Crippen LogP contribution in [-0.4, -0.2) is 21.4 Å². The smallest absolute Gasteiger partial charge is 0.115 e. The van der Waals surface area contributed by atoms with Crippen molar-refractivity contribution >= 4 is 0 Å². The SMILES string of the molecule is C[C@]12CC[C@@H]3c4ccc(O)cc4[C@H](O)C[C@@H]3[C@H]1CC[C@@H]2O. The van der Waals surface area contributed by atoms with Gasteiger partial charge in [-0.3, -0.25) is 0 Å². The van der Waals surface area contributed by atoms with Crippen LogP contribution in [0.15, 0.2) is 18.2 Å². The molecule has 114 valence electrons. The summed E-state index contributed by atoms with van der Waals surface area (Å²) < 4.78 is 0. The summed E-state index contributed by atoms with van der Waals surface area (Å²) in [5, 5.41) is 30.6. The van der Waals surface area contributed by atoms with Crippen molar-refractivity contribution in [3.8, 4) is 5.75 Å². The van der Waals surface area contributed by atoms with Crippen LogP contribution < -0.4 is 0 Å². The number of fused-ring (bicyclic) bond motifs is 5. The van der Waals surface area contributed by atoms with Gasteiger partial charge in [-0.2, -0.15) is 0 Å². The summed E-state index contributed by atoms with van der Waals surface area (Å²) in [6, 6.07) is 5.47. The molecule has 0 aliphatic heterocycles. The summed E-state index contributed by atoms with van der Waals surface area (Å²) in [6.07, 6.45) is 4.25. The second kappa shape index (κ2) is 4.47. The van der Waals surface area contributed by atoms with Gasteiger partial charge in [-0.15, -0.1) is 0 Å². The molecule has 0 spiro atoms. The molecule has 1 aromatic carbocycles. The van der Waals surface area contributed by atoms with Crippen molar-refractivity contribution in [2.24, 2.45) is 17.3 Å². The van der Waals surface area contributed by atoms with Crippen LogP contribution >= 0.6 is 0 Å². The minimum atomic E-state index is -0.478. The quantitative estimate of drug-likeness (QED) is 0.687. The molecule has 0 heterocycles. The van der Waals surface area contributed by atoms with Gasteiger partial charge in [-0.25, -0.2) is 0 Å². The minimum Gasteiger partial charge on any atom is -0.508 e. The Morgan fingerprint density at radius 1 is 1.10 bits per heavy atom. The maximum atomic E-state index is 10.5. The Hall–Kier alpha value is -1.06. The Bertz CT molecular complexity index is 570. The zero-order chi connectivity index (χ0) is 14.8. The summed E-state index contributed by atoms with van der Waals surface area (Å²) in [4.78, 5) is 0. The van der Waals surface area contributed by atoms with E-state index in [0.717, 1.165) is 37.7 Å². The fourth-order valence-corrected chi connectivity index (χ4v) is 5.55. The number of hydrogen-bond donors (Lipinski definition) is 3. The summed E-state index contributed by atoms with van der Waals surface area (Å²) in [7, 11) is 0. The van der Waals surface area contributed by atoms with Crippen LogP contribution in [0.1, 0.15) is 62.2 Å². The maximum absolute atomic E-state index is 10.5. The number of rotatable bonds is 0. The Labute approximate surface area is 125 Å². The first-order valence-corrected chi connectivity index (χ1v) is 8.19. The van der Waals surface area contributed by atoms with Gasteiger partial charge in [0.25, 0.3) is 0 Å². The van der Waals surface area contributed by atoms with Gasteiger partial charge in [0, 0.05) is 0 Å². The monoisotopic (exact) mass is 288 g/mol. The van der Waals surface area contributed by atoms with Gasteiger partial charge in [-0.1, -0.05) is 13.0 Å². The molecule has 21 heavy (non-hydrogen) atoms. The molecule has 0 bridgehead atoms. The molecule has 3 N–H and O–H groups in total. The lowest BCUT2D eigenvalue weighted by atomic mass is 9.55. The Kier molecular flexibility index (Phi) is 2.89. The van der Waals surface area contributed by atoms with Crippen molar-refractivity contribution in [3.63, 3.8) is 0 Å². The molecule has 3 heteroatoms. The van der Waals surface area contributed by atoms with E-state index in [4.69, 9.17) is 0 Å². The first-order chi connectivity index (χ1) is 10.0. The van der Waals surface area contributed by atoms with Crippen LogP contribution in [0.5, 0.6) is 5.75 Å². The molecule has 4 rings (SSSR count). The number of aliphatic hydroxyl groups excluding tert-OH is 2. The number of aliphatic hydroxyl groups is 2. The fraction of sp³-hybridized carbons (Fsp3) is 0.667. The summed E-state index contributed by atoms with van der Waals surface area (Å²) in [6.45, 7) is 2.24. The van der Waals surface area contributed by atoms with Crippen molar-refractivity contribution in [2.45, 2.75) is 57.2 Å². The largest absolute Gasteiger partial charge is 0.508 e. The first kappa shape index (κ1) is 13.6. The molecule has 6 atom stereocenters. The molecule has 3 aliphatic carbocycles. The maximum Gasteiger partial charge on any atom is 0.115 e. The minimum absolute atomic E-state index is 0.0370. The van der Waals surface area contributed by atoms with E-state index >= 15 is 0 Å². The third-order valence-electron chi connectivity index (χ3n) is 6.71. The highest BCUT2D eigenvalue weighted by molar-refractivity contribution is 5.41. The Morgan fingerprint density at radius 2 is 1.90 bits per heavy atom. The third-order valence-corrected chi connectivity index (χ3v) is 6.71. The summed E-state index contributed by atoms with van der Waals surface area (Å²) >= 11 is 0. The lowest BCUT2D eigenvalue weighted by Gasteiger charge is -2.50. The zero-order valence-corrected chi connectivity index (χ0v) is 12.5. The molecule has 1 aromatic rings. The average molecular weight is 288 g/mol. The molecule has 3 nitrogen and oxygen atoms in total. The van der Waals surface area contributed by atoms with E-state index in [1.165, 1.54) is 5.56 Å². The van der Waals surface area contributed by atoms with E-state index < -0.39 is 6.10 Å². The zero-order valence-electron chi connectivity index (χ0n) is 12.5. The van der Waals surface area contributed by atoms with Gasteiger partial charge in [0.1, 0.15) is 5.75 Å². The first-order valence-electron chi connectivity index (χ1n) is 8.19. The lowest BCUT2D eigenvalue weighted by Crippen LogP contribution is -2.44. The molecular formula is C18H24O3. The van der Waals surface area contributed by atoms with E-state index in [2.05, 4.69) is 6.92 Å². The van der Waals surface area contributed by atoms with Crippen molar-refractivity contribution in [1.29, 1.82) is 0 Å². The fourth-order valence-electron chi connectivity index (χ4n) is 5.55. The summed E-state index contributed by atoms with van der Waals surface area (Å²) in [5.74, 6) is 1.70. The highest BCUT2D eigenvalue weighted by Crippen LogP contribution is 2.62. The van der Waals surface area contributed by atoms with Crippen molar-refractivity contribution in [3.05, 3.63) is 29.3 Å². The normalized spacial score (nSPS) is 44.8. The van der Waals surface area contributed by atoms with Gasteiger partial charge in [0.2, 0.25) is 0 Å². The van der Waals surface area contributed by atoms with Crippen molar-refractivity contribution in [2.75, 3.05) is 0 Å². The topological polar surface area (TPSA) is 60.7 Å². The second-order valence-electron chi connectivity index (χ2n) is 7.58. The third kappa shape index (κ3) is 1.80. The van der Waals surface area contributed by atoms with Gasteiger partial charge in [0.05, 0.1) is 12.2 Å². The number of phenols is 1. The van der Waals surface area contributed by atoms with Crippen LogP contribution in [0, 0.1) is 17.3 Å². The second-order valence-corrected chi connectivity index (χ2v) is 7.58. The standard InChI is InChI=1S/C18H24O3/c1-18-7-6-12-11-3-2-10(19)8-14(11)16(20)9-13(12)15(18)4-5-17(18)21/h2-3,8,12-13,15-17,19-21H,4-7,9H2,1H3/t12-,13+,15-,16-,17+,18+/m1/s1. The van der Waals surface area contributed by atoms with E-state index in [0.29, 0.717) is 17.8 Å². The Balaban J connectivity index is 1.75. The number of benzene rings is 1. The predicted molar refractivity (Wildman–Crippen MR) is 80.0 cm³/mol. The highest BCUT2D eigenvalue weighted by Gasteiger charge is 2.55. The average Bonchev–Trinajstić information content (AvgIpc) is 2.76. The van der Waals surface area contributed by atoms with Gasteiger partial charge in [-0.05, 0) is 78.5 Å². The van der Waals surface area contributed by atoms with Crippen LogP contribution in [-0.2, 0) is 0 Å². The molecule has 0 saturated heterocycles. The van der Waals surface area contributed by atoms with Gasteiger partial charge >= 0.3 is 0 Å². The number of aromatic hydroxyl groups is 1. The molecule has 0 amide bonds. The number of hydrogen-bond acceptors (Lipinski definition) is 3. The van der Waals surface area contributed by atoms with Gasteiger partial charge < -0.3 is 15.3 Å². The van der Waals surface area contributed by atoms with E-state index in [-0.39, 0.29) is 17.3 Å². The molecule has 3 aliphatic rings. The van der Waals surface area contributed by atoms with Crippen LogP contribution in [0.3, 0.4) is 0 Å². The van der Waals surface area contributed by atoms with Crippen molar-refractivity contribution in [1.82, 2.24) is 0 Å². The van der Waals surface area contributed by atoms with E-state index in [1.807, 2.05) is 6.07 Å². The van der Waals surface area contributed by atoms with Gasteiger partial charge in [0.15, 0.2) is 0 Å². The Morgan fingerprint density at radius 3 is 2.71 bits per heavy atom. The molecule has 0 unspecified atom stereocenters. The van der Waals surface area contributed by atoms with E-state index in [1.54, 1.807) is 12.1 Å². The van der Waals surface area contributed by atoms with E-state index in [9.17, 15) is 15.3 Å².